The standard InChI is InChI=1S/C17H14N4O4/c1-25-17(24)13(23)7-12(22)14-15-16(19-9-18-14)21(10-20-15)8-11-5-3-2-4-6-11/h2-7,9-10,22H,8H2,1H3/b12-7-. The molecule has 0 bridgehead atoms. The first-order valence-corrected chi connectivity index (χ1v) is 7.33. The minimum atomic E-state index is -1.08. The lowest BCUT2D eigenvalue weighted by Crippen LogP contribution is -2.13. The zero-order valence-electron chi connectivity index (χ0n) is 13.3. The predicted octanol–water partition coefficient (Wildman–Crippen LogP) is 1.52. The van der Waals surface area contributed by atoms with Crippen LogP contribution < -0.4 is 0 Å². The number of rotatable bonds is 5. The Bertz CT molecular complexity index is 963. The highest BCUT2D eigenvalue weighted by atomic mass is 16.5. The smallest absolute Gasteiger partial charge is 0.378 e. The number of nitrogens with zero attached hydrogens (tertiary/aromatic N) is 4. The van der Waals surface area contributed by atoms with Crippen LogP contribution in [-0.2, 0) is 20.9 Å². The zero-order chi connectivity index (χ0) is 17.8. The molecule has 0 saturated carbocycles. The number of ether oxygens (including phenoxy) is 1. The van der Waals surface area contributed by atoms with Gasteiger partial charge in [-0.1, -0.05) is 30.3 Å². The van der Waals surface area contributed by atoms with Crippen molar-refractivity contribution in [1.82, 2.24) is 19.5 Å². The summed E-state index contributed by atoms with van der Waals surface area (Å²) >= 11 is 0. The minimum absolute atomic E-state index is 0.0639. The Hall–Kier alpha value is -3.55. The first kappa shape index (κ1) is 16.3. The van der Waals surface area contributed by atoms with E-state index in [2.05, 4.69) is 19.7 Å². The fourth-order valence-electron chi connectivity index (χ4n) is 2.32. The van der Waals surface area contributed by atoms with Crippen LogP contribution in [0.2, 0.25) is 0 Å². The van der Waals surface area contributed by atoms with Crippen LogP contribution >= 0.6 is 0 Å². The van der Waals surface area contributed by atoms with E-state index in [-0.39, 0.29) is 5.69 Å². The maximum Gasteiger partial charge on any atom is 0.378 e. The van der Waals surface area contributed by atoms with Gasteiger partial charge in [0.1, 0.15) is 23.3 Å². The summed E-state index contributed by atoms with van der Waals surface area (Å²) in [5, 5.41) is 10.1. The lowest BCUT2D eigenvalue weighted by molar-refractivity contribution is -0.149. The van der Waals surface area contributed by atoms with Gasteiger partial charge in [-0.25, -0.2) is 19.7 Å². The Balaban J connectivity index is 1.97. The number of fused-ring (bicyclic) bond motifs is 1. The van der Waals surface area contributed by atoms with Gasteiger partial charge in [0.25, 0.3) is 5.78 Å². The fourth-order valence-corrected chi connectivity index (χ4v) is 2.32. The van der Waals surface area contributed by atoms with Gasteiger partial charge < -0.3 is 14.4 Å². The van der Waals surface area contributed by atoms with Gasteiger partial charge in [-0.2, -0.15) is 0 Å². The van der Waals surface area contributed by atoms with Crippen LogP contribution in [0.1, 0.15) is 11.3 Å². The van der Waals surface area contributed by atoms with Crippen molar-refractivity contribution in [2.24, 2.45) is 0 Å². The maximum atomic E-state index is 11.6. The number of hydrogen-bond acceptors (Lipinski definition) is 7. The lowest BCUT2D eigenvalue weighted by Gasteiger charge is -2.04. The Kier molecular flexibility index (Phi) is 4.51. The molecule has 0 spiro atoms. The number of benzene rings is 1. The van der Waals surface area contributed by atoms with Crippen molar-refractivity contribution >= 4 is 28.7 Å². The third-order valence-corrected chi connectivity index (χ3v) is 3.49. The first-order chi connectivity index (χ1) is 12.1. The van der Waals surface area contributed by atoms with Gasteiger partial charge in [0.15, 0.2) is 5.65 Å². The molecule has 0 aliphatic heterocycles. The van der Waals surface area contributed by atoms with E-state index < -0.39 is 17.5 Å². The molecule has 0 aliphatic carbocycles. The van der Waals surface area contributed by atoms with Crippen LogP contribution in [-0.4, -0.2) is 43.5 Å². The molecule has 0 aliphatic rings. The number of aliphatic hydroxyl groups is 1. The molecule has 0 atom stereocenters. The maximum absolute atomic E-state index is 11.6. The minimum Gasteiger partial charge on any atom is -0.505 e. The molecule has 126 valence electrons. The number of methoxy groups -OCH3 is 1. The van der Waals surface area contributed by atoms with Crippen molar-refractivity contribution in [3.63, 3.8) is 0 Å². The summed E-state index contributed by atoms with van der Waals surface area (Å²) < 4.78 is 6.11. The third kappa shape index (κ3) is 3.37. The number of imidazole rings is 1. The normalized spacial score (nSPS) is 11.5. The Morgan fingerprint density at radius 1 is 1.20 bits per heavy atom. The summed E-state index contributed by atoms with van der Waals surface area (Å²) in [6.45, 7) is 0.541. The van der Waals surface area contributed by atoms with E-state index in [0.717, 1.165) is 18.7 Å². The summed E-state index contributed by atoms with van der Waals surface area (Å²) in [5.41, 5.74) is 1.95. The van der Waals surface area contributed by atoms with Gasteiger partial charge in [-0.05, 0) is 5.56 Å². The largest absolute Gasteiger partial charge is 0.505 e. The lowest BCUT2D eigenvalue weighted by atomic mass is 10.2. The molecule has 2 heterocycles. The Morgan fingerprint density at radius 2 is 1.96 bits per heavy atom. The molecular weight excluding hydrogens is 324 g/mol. The molecule has 3 rings (SSSR count). The van der Waals surface area contributed by atoms with Crippen molar-refractivity contribution in [2.45, 2.75) is 6.54 Å². The molecule has 0 radical (unpaired) electrons. The second-order valence-electron chi connectivity index (χ2n) is 5.14. The molecule has 1 aromatic carbocycles. The van der Waals surface area contributed by atoms with Crippen molar-refractivity contribution in [2.75, 3.05) is 7.11 Å². The van der Waals surface area contributed by atoms with Gasteiger partial charge in [0, 0.05) is 6.08 Å². The molecule has 1 N–H and O–H groups in total. The Labute approximate surface area is 142 Å². The molecule has 0 unspecified atom stereocenters. The van der Waals surface area contributed by atoms with Crippen molar-refractivity contribution in [3.8, 4) is 0 Å². The van der Waals surface area contributed by atoms with Crippen molar-refractivity contribution in [3.05, 3.63) is 60.3 Å². The topological polar surface area (TPSA) is 107 Å². The van der Waals surface area contributed by atoms with E-state index >= 15 is 0 Å². The van der Waals surface area contributed by atoms with Crippen LogP contribution in [0.15, 0.2) is 49.1 Å². The summed E-state index contributed by atoms with van der Waals surface area (Å²) in [7, 11) is 1.08. The highest BCUT2D eigenvalue weighted by molar-refractivity contribution is 6.39. The summed E-state index contributed by atoms with van der Waals surface area (Å²) in [6, 6.07) is 9.74. The molecule has 25 heavy (non-hydrogen) atoms. The predicted molar refractivity (Wildman–Crippen MR) is 88.5 cm³/mol. The van der Waals surface area contributed by atoms with E-state index in [4.69, 9.17) is 0 Å². The summed E-state index contributed by atoms with van der Waals surface area (Å²) in [5.74, 6) is -2.55. The van der Waals surface area contributed by atoms with Gasteiger partial charge in [-0.15, -0.1) is 0 Å². The van der Waals surface area contributed by atoms with Gasteiger partial charge in [0.05, 0.1) is 20.0 Å². The number of ketones is 1. The molecule has 0 amide bonds. The number of carbonyl (C=O) groups excluding carboxylic acids is 2. The van der Waals surface area contributed by atoms with Gasteiger partial charge >= 0.3 is 5.97 Å². The number of esters is 1. The van der Waals surface area contributed by atoms with Crippen LogP contribution in [0.5, 0.6) is 0 Å². The molecule has 2 aromatic heterocycles. The molecule has 8 heteroatoms. The number of aliphatic hydroxyl groups excluding tert-OH is 1. The molecule has 0 fully saturated rings. The highest BCUT2D eigenvalue weighted by Crippen LogP contribution is 2.19. The van der Waals surface area contributed by atoms with Crippen LogP contribution in [0.25, 0.3) is 16.9 Å². The monoisotopic (exact) mass is 338 g/mol. The van der Waals surface area contributed by atoms with E-state index in [9.17, 15) is 14.7 Å². The van der Waals surface area contributed by atoms with Crippen LogP contribution in [0, 0.1) is 0 Å². The van der Waals surface area contributed by atoms with Crippen LogP contribution in [0.3, 0.4) is 0 Å². The Morgan fingerprint density at radius 3 is 2.68 bits per heavy atom. The van der Waals surface area contributed by atoms with E-state index in [0.29, 0.717) is 17.7 Å². The second kappa shape index (κ2) is 6.91. The average Bonchev–Trinajstić information content (AvgIpc) is 3.04. The first-order valence-electron chi connectivity index (χ1n) is 7.33. The molecule has 0 saturated heterocycles. The molecule has 8 nitrogen and oxygen atoms in total. The molecular formula is C17H14N4O4. The number of carbonyl (C=O) groups is 2. The summed E-state index contributed by atoms with van der Waals surface area (Å²) in [6.07, 6.45) is 3.59. The fraction of sp³-hybridized carbons (Fsp3) is 0.118. The average molecular weight is 338 g/mol. The van der Waals surface area contributed by atoms with Crippen molar-refractivity contribution in [1.29, 1.82) is 0 Å². The highest BCUT2D eigenvalue weighted by Gasteiger charge is 2.17. The van der Waals surface area contributed by atoms with Gasteiger partial charge in [0.2, 0.25) is 0 Å². The number of aromatic nitrogens is 4. The van der Waals surface area contributed by atoms with Gasteiger partial charge in [-0.3, -0.25) is 4.79 Å². The van der Waals surface area contributed by atoms with E-state index in [1.807, 2.05) is 30.3 Å². The van der Waals surface area contributed by atoms with E-state index in [1.165, 1.54) is 6.33 Å². The second-order valence-corrected chi connectivity index (χ2v) is 5.14. The van der Waals surface area contributed by atoms with Crippen LogP contribution in [0.4, 0.5) is 0 Å². The third-order valence-electron chi connectivity index (χ3n) is 3.49. The SMILES string of the molecule is COC(=O)C(=O)/C=C(\O)c1ncnc2c1ncn2Cc1ccccc1. The zero-order valence-corrected chi connectivity index (χ0v) is 13.3. The quantitative estimate of drug-likeness (QED) is 0.325. The van der Waals surface area contributed by atoms with Crippen molar-refractivity contribution < 1.29 is 19.4 Å². The number of hydrogen-bond donors (Lipinski definition) is 1. The summed E-state index contributed by atoms with van der Waals surface area (Å²) in [4.78, 5) is 35.1. The molecule has 3 aromatic rings. The van der Waals surface area contributed by atoms with E-state index in [1.54, 1.807) is 10.9 Å².